The van der Waals surface area contributed by atoms with Crippen LogP contribution in [0.5, 0.6) is 0 Å². The summed E-state index contributed by atoms with van der Waals surface area (Å²) in [6, 6.07) is 8.34. The van der Waals surface area contributed by atoms with Crippen molar-refractivity contribution in [2.45, 2.75) is 25.2 Å². The molecular formula is C14H15BrN2O2. The summed E-state index contributed by atoms with van der Waals surface area (Å²) in [5.41, 5.74) is 1.00. The van der Waals surface area contributed by atoms with Crippen molar-refractivity contribution in [3.05, 3.63) is 46.0 Å². The number of benzene rings is 1. The highest BCUT2D eigenvalue weighted by molar-refractivity contribution is 9.10. The maximum Gasteiger partial charge on any atom is 0.237 e. The molecule has 0 aliphatic carbocycles. The van der Waals surface area contributed by atoms with E-state index in [1.54, 1.807) is 0 Å². The molecule has 1 aliphatic rings. The van der Waals surface area contributed by atoms with Gasteiger partial charge in [0, 0.05) is 17.7 Å². The fraction of sp³-hybridized carbons (Fsp3) is 0.429. The number of aromatic nitrogens is 2. The number of ether oxygens (including phenoxy) is 1. The van der Waals surface area contributed by atoms with Gasteiger partial charge >= 0.3 is 0 Å². The minimum absolute atomic E-state index is 0.208. The highest BCUT2D eigenvalue weighted by Gasteiger charge is 2.41. The molecule has 0 atom stereocenters. The molecule has 1 aromatic heterocycles. The molecule has 3 rings (SSSR count). The fourth-order valence-corrected chi connectivity index (χ4v) is 2.87. The molecule has 0 unspecified atom stereocenters. The lowest BCUT2D eigenvalue weighted by Crippen LogP contribution is -2.35. The van der Waals surface area contributed by atoms with Gasteiger partial charge in [0.25, 0.3) is 0 Å². The number of hydrogen-bond donors (Lipinski definition) is 0. The summed E-state index contributed by atoms with van der Waals surface area (Å²) in [5, 5.41) is 3.94. The summed E-state index contributed by atoms with van der Waals surface area (Å²) < 4.78 is 12.0. The van der Waals surface area contributed by atoms with E-state index in [9.17, 15) is 0 Å². The van der Waals surface area contributed by atoms with E-state index in [0.29, 0.717) is 11.7 Å². The van der Waals surface area contributed by atoms with Gasteiger partial charge in [0.1, 0.15) is 0 Å². The second-order valence-electron chi connectivity index (χ2n) is 4.85. The number of halogens is 1. The van der Waals surface area contributed by atoms with E-state index in [4.69, 9.17) is 9.26 Å². The number of aryl methyl sites for hydroxylation is 1. The van der Waals surface area contributed by atoms with E-state index in [1.165, 1.54) is 5.56 Å². The van der Waals surface area contributed by atoms with Gasteiger partial charge in [0.05, 0.1) is 5.41 Å². The van der Waals surface area contributed by atoms with Crippen LogP contribution in [0.3, 0.4) is 0 Å². The smallest absolute Gasteiger partial charge is 0.237 e. The SMILES string of the molecule is Cc1noc(C2(c3ccc(Br)cc3)CCOCC2)n1. The molecule has 2 aromatic rings. The standard InChI is InChI=1S/C14H15BrN2O2/c1-10-16-13(19-17-10)14(6-8-18-9-7-14)11-2-4-12(15)5-3-11/h2-5H,6-9H2,1H3. The third-order valence-corrected chi connectivity index (χ3v) is 4.21. The van der Waals surface area contributed by atoms with E-state index < -0.39 is 0 Å². The lowest BCUT2D eigenvalue weighted by molar-refractivity contribution is 0.0523. The molecule has 5 heteroatoms. The van der Waals surface area contributed by atoms with Gasteiger partial charge < -0.3 is 9.26 Å². The molecule has 100 valence electrons. The van der Waals surface area contributed by atoms with E-state index in [0.717, 1.165) is 30.5 Å². The Morgan fingerprint density at radius 1 is 1.16 bits per heavy atom. The van der Waals surface area contributed by atoms with Gasteiger partial charge in [-0.05, 0) is 37.5 Å². The van der Waals surface area contributed by atoms with Crippen molar-refractivity contribution in [1.82, 2.24) is 10.1 Å². The molecule has 0 amide bonds. The Kier molecular flexibility index (Phi) is 3.41. The summed E-state index contributed by atoms with van der Waals surface area (Å²) in [5.74, 6) is 1.38. The van der Waals surface area contributed by atoms with Crippen LogP contribution in [0.15, 0.2) is 33.3 Å². The predicted octanol–water partition coefficient (Wildman–Crippen LogP) is 3.24. The van der Waals surface area contributed by atoms with Crippen LogP contribution in [0.25, 0.3) is 0 Å². The van der Waals surface area contributed by atoms with Crippen molar-refractivity contribution in [3.63, 3.8) is 0 Å². The Balaban J connectivity index is 2.08. The van der Waals surface area contributed by atoms with Crippen LogP contribution in [-0.4, -0.2) is 23.4 Å². The second kappa shape index (κ2) is 5.06. The lowest BCUT2D eigenvalue weighted by atomic mass is 9.74. The molecule has 0 N–H and O–H groups in total. The summed E-state index contributed by atoms with van der Waals surface area (Å²) >= 11 is 3.47. The average molecular weight is 323 g/mol. The predicted molar refractivity (Wildman–Crippen MR) is 74.0 cm³/mol. The Bertz CT molecular complexity index is 559. The zero-order chi connectivity index (χ0) is 13.3. The first kappa shape index (κ1) is 12.8. The third-order valence-electron chi connectivity index (χ3n) is 3.68. The highest BCUT2D eigenvalue weighted by Crippen LogP contribution is 2.40. The molecule has 1 aliphatic heterocycles. The van der Waals surface area contributed by atoms with Crippen LogP contribution in [0.1, 0.15) is 30.1 Å². The van der Waals surface area contributed by atoms with Gasteiger partial charge in [-0.25, -0.2) is 0 Å². The normalized spacial score (nSPS) is 18.4. The van der Waals surface area contributed by atoms with Crippen LogP contribution in [0, 0.1) is 6.92 Å². The molecule has 1 saturated heterocycles. The third kappa shape index (κ3) is 2.32. The minimum Gasteiger partial charge on any atom is -0.381 e. The Morgan fingerprint density at radius 3 is 2.42 bits per heavy atom. The quantitative estimate of drug-likeness (QED) is 0.851. The first-order valence-electron chi connectivity index (χ1n) is 6.35. The second-order valence-corrected chi connectivity index (χ2v) is 5.76. The van der Waals surface area contributed by atoms with E-state index in [-0.39, 0.29) is 5.41 Å². The first-order chi connectivity index (χ1) is 9.21. The molecule has 1 fully saturated rings. The molecule has 19 heavy (non-hydrogen) atoms. The summed E-state index contributed by atoms with van der Waals surface area (Å²) in [6.45, 7) is 3.29. The Labute approximate surface area is 120 Å². The van der Waals surface area contributed by atoms with Crippen LogP contribution < -0.4 is 0 Å². The van der Waals surface area contributed by atoms with Crippen LogP contribution in [-0.2, 0) is 10.2 Å². The van der Waals surface area contributed by atoms with Crippen molar-refractivity contribution in [2.75, 3.05) is 13.2 Å². The Hall–Kier alpha value is -1.20. The van der Waals surface area contributed by atoms with E-state index in [2.05, 4.69) is 50.3 Å². The monoisotopic (exact) mass is 322 g/mol. The zero-order valence-corrected chi connectivity index (χ0v) is 12.3. The van der Waals surface area contributed by atoms with Gasteiger partial charge in [-0.15, -0.1) is 0 Å². The maximum absolute atomic E-state index is 5.50. The summed E-state index contributed by atoms with van der Waals surface area (Å²) in [7, 11) is 0. The number of nitrogens with zero attached hydrogens (tertiary/aromatic N) is 2. The van der Waals surface area contributed by atoms with Crippen molar-refractivity contribution in [3.8, 4) is 0 Å². The molecular weight excluding hydrogens is 308 g/mol. The minimum atomic E-state index is -0.208. The molecule has 1 aromatic carbocycles. The lowest BCUT2D eigenvalue weighted by Gasteiger charge is -2.34. The van der Waals surface area contributed by atoms with Gasteiger partial charge in [-0.3, -0.25) is 0 Å². The fourth-order valence-electron chi connectivity index (χ4n) is 2.61. The number of hydrogen-bond acceptors (Lipinski definition) is 4. The molecule has 0 radical (unpaired) electrons. The van der Waals surface area contributed by atoms with E-state index in [1.807, 2.05) is 6.92 Å². The van der Waals surface area contributed by atoms with Crippen molar-refractivity contribution in [2.24, 2.45) is 0 Å². The van der Waals surface area contributed by atoms with Crippen molar-refractivity contribution in [1.29, 1.82) is 0 Å². The summed E-state index contributed by atoms with van der Waals surface area (Å²) in [6.07, 6.45) is 1.74. The van der Waals surface area contributed by atoms with Crippen LogP contribution in [0.2, 0.25) is 0 Å². The molecule has 4 nitrogen and oxygen atoms in total. The van der Waals surface area contributed by atoms with E-state index >= 15 is 0 Å². The topological polar surface area (TPSA) is 48.2 Å². The molecule has 0 saturated carbocycles. The summed E-state index contributed by atoms with van der Waals surface area (Å²) in [4.78, 5) is 4.46. The largest absolute Gasteiger partial charge is 0.381 e. The van der Waals surface area contributed by atoms with Gasteiger partial charge in [-0.1, -0.05) is 33.2 Å². The number of rotatable bonds is 2. The van der Waals surface area contributed by atoms with Crippen molar-refractivity contribution >= 4 is 15.9 Å². The molecule has 2 heterocycles. The Morgan fingerprint density at radius 2 is 1.84 bits per heavy atom. The van der Waals surface area contributed by atoms with Crippen LogP contribution >= 0.6 is 15.9 Å². The van der Waals surface area contributed by atoms with Gasteiger partial charge in [-0.2, -0.15) is 4.98 Å². The van der Waals surface area contributed by atoms with Gasteiger partial charge in [0.15, 0.2) is 5.82 Å². The van der Waals surface area contributed by atoms with Crippen LogP contribution in [0.4, 0.5) is 0 Å². The first-order valence-corrected chi connectivity index (χ1v) is 7.15. The average Bonchev–Trinajstić information content (AvgIpc) is 2.87. The highest BCUT2D eigenvalue weighted by atomic mass is 79.9. The molecule has 0 bridgehead atoms. The van der Waals surface area contributed by atoms with Gasteiger partial charge in [0.2, 0.25) is 5.89 Å². The van der Waals surface area contributed by atoms with Crippen molar-refractivity contribution < 1.29 is 9.26 Å². The molecule has 0 spiro atoms. The maximum atomic E-state index is 5.50. The zero-order valence-electron chi connectivity index (χ0n) is 10.7.